The molecule has 96 valence electrons. The Balaban J connectivity index is 3.18. The van der Waals surface area contributed by atoms with E-state index >= 15 is 0 Å². The molecule has 0 radical (unpaired) electrons. The second-order valence-electron chi connectivity index (χ2n) is 4.02. The van der Waals surface area contributed by atoms with Crippen molar-refractivity contribution in [3.8, 4) is 0 Å². The summed E-state index contributed by atoms with van der Waals surface area (Å²) in [6.07, 6.45) is 0. The first kappa shape index (κ1) is 13.2. The van der Waals surface area contributed by atoms with E-state index in [1.807, 2.05) is 0 Å². The molecule has 6 heteroatoms. The number of benzene rings is 1. The molecule has 0 aliphatic carbocycles. The van der Waals surface area contributed by atoms with Crippen LogP contribution in [0.3, 0.4) is 0 Å². The minimum Gasteiger partial charge on any atom is -0.390 e. The van der Waals surface area contributed by atoms with Crippen LogP contribution in [0.4, 0.5) is 8.78 Å². The lowest BCUT2D eigenvalue weighted by molar-refractivity contribution is 0.271. The van der Waals surface area contributed by atoms with Gasteiger partial charge in [-0.2, -0.15) is 0 Å². The standard InChI is InChI=1S/C12H10BrF2NO2/c1-5-3-6(14)10(15)8-11(5)16(2)7(4-17)9(13)12(8)18/h3,17H,4H2,1-2H3. The quantitative estimate of drug-likeness (QED) is 0.877. The van der Waals surface area contributed by atoms with Gasteiger partial charge in [0, 0.05) is 7.05 Å². The highest BCUT2D eigenvalue weighted by Crippen LogP contribution is 2.25. The van der Waals surface area contributed by atoms with Gasteiger partial charge in [-0.15, -0.1) is 0 Å². The fourth-order valence-electron chi connectivity index (χ4n) is 2.08. The molecule has 0 aliphatic rings. The van der Waals surface area contributed by atoms with E-state index in [9.17, 15) is 18.7 Å². The summed E-state index contributed by atoms with van der Waals surface area (Å²) in [7, 11) is 1.59. The molecular formula is C12H10BrF2NO2. The zero-order valence-corrected chi connectivity index (χ0v) is 11.3. The van der Waals surface area contributed by atoms with Gasteiger partial charge in [0.2, 0.25) is 5.43 Å². The van der Waals surface area contributed by atoms with Crippen LogP contribution in [-0.4, -0.2) is 9.67 Å². The summed E-state index contributed by atoms with van der Waals surface area (Å²) in [4.78, 5) is 12.0. The molecule has 2 rings (SSSR count). The maximum absolute atomic E-state index is 13.8. The average Bonchev–Trinajstić information content (AvgIpc) is 2.31. The van der Waals surface area contributed by atoms with E-state index in [0.717, 1.165) is 6.07 Å². The lowest BCUT2D eigenvalue weighted by Crippen LogP contribution is -2.17. The summed E-state index contributed by atoms with van der Waals surface area (Å²) < 4.78 is 28.6. The SMILES string of the molecule is Cc1cc(F)c(F)c2c(=O)c(Br)c(CO)n(C)c12. The molecule has 1 aromatic carbocycles. The molecule has 0 spiro atoms. The van der Waals surface area contributed by atoms with Crippen LogP contribution < -0.4 is 5.43 Å². The van der Waals surface area contributed by atoms with E-state index < -0.39 is 17.1 Å². The molecule has 0 amide bonds. The fraction of sp³-hybridized carbons (Fsp3) is 0.250. The molecule has 0 saturated carbocycles. The van der Waals surface area contributed by atoms with E-state index in [-0.39, 0.29) is 22.0 Å². The molecule has 0 saturated heterocycles. The number of pyridine rings is 1. The maximum atomic E-state index is 13.8. The van der Waals surface area contributed by atoms with Crippen LogP contribution in [0, 0.1) is 18.6 Å². The van der Waals surface area contributed by atoms with Crippen LogP contribution in [0.15, 0.2) is 15.3 Å². The Morgan fingerprint density at radius 3 is 2.61 bits per heavy atom. The maximum Gasteiger partial charge on any atom is 0.207 e. The zero-order chi connectivity index (χ0) is 13.6. The van der Waals surface area contributed by atoms with Crippen molar-refractivity contribution in [2.24, 2.45) is 7.05 Å². The molecule has 0 atom stereocenters. The highest BCUT2D eigenvalue weighted by atomic mass is 79.9. The van der Waals surface area contributed by atoms with Gasteiger partial charge in [0.1, 0.15) is 0 Å². The normalized spacial score (nSPS) is 11.2. The molecule has 18 heavy (non-hydrogen) atoms. The smallest absolute Gasteiger partial charge is 0.207 e. The van der Waals surface area contributed by atoms with E-state index in [1.165, 1.54) is 4.57 Å². The van der Waals surface area contributed by atoms with Crippen molar-refractivity contribution in [2.75, 3.05) is 0 Å². The number of rotatable bonds is 1. The van der Waals surface area contributed by atoms with Gasteiger partial charge in [-0.1, -0.05) is 0 Å². The number of halogens is 3. The Hall–Kier alpha value is -1.27. The van der Waals surface area contributed by atoms with Gasteiger partial charge in [0.05, 0.1) is 27.7 Å². The Morgan fingerprint density at radius 1 is 1.44 bits per heavy atom. The van der Waals surface area contributed by atoms with Crippen LogP contribution in [0.5, 0.6) is 0 Å². The van der Waals surface area contributed by atoms with Crippen LogP contribution >= 0.6 is 15.9 Å². The van der Waals surface area contributed by atoms with Crippen molar-refractivity contribution in [1.82, 2.24) is 4.57 Å². The summed E-state index contributed by atoms with van der Waals surface area (Å²) in [6.45, 7) is 1.21. The molecule has 3 nitrogen and oxygen atoms in total. The second kappa shape index (κ2) is 4.44. The molecule has 0 unspecified atom stereocenters. The lowest BCUT2D eigenvalue weighted by atomic mass is 10.1. The second-order valence-corrected chi connectivity index (χ2v) is 4.81. The third-order valence-electron chi connectivity index (χ3n) is 2.95. The molecule has 1 heterocycles. The third kappa shape index (κ3) is 1.67. The molecule has 2 aromatic rings. The summed E-state index contributed by atoms with van der Waals surface area (Å²) in [6, 6.07) is 1.03. The molecule has 1 aromatic heterocycles. The van der Waals surface area contributed by atoms with Crippen LogP contribution in [0.1, 0.15) is 11.3 Å². The van der Waals surface area contributed by atoms with Crippen molar-refractivity contribution in [3.63, 3.8) is 0 Å². The first-order valence-electron chi connectivity index (χ1n) is 5.16. The predicted octanol–water partition coefficient (Wildman–Crippen LogP) is 2.38. The molecular weight excluding hydrogens is 308 g/mol. The number of hydrogen-bond donors (Lipinski definition) is 1. The van der Waals surface area contributed by atoms with Gasteiger partial charge >= 0.3 is 0 Å². The number of hydrogen-bond acceptors (Lipinski definition) is 2. The van der Waals surface area contributed by atoms with Crippen LogP contribution in [0.2, 0.25) is 0 Å². The minimum atomic E-state index is -1.17. The van der Waals surface area contributed by atoms with Gasteiger partial charge in [0.25, 0.3) is 0 Å². The zero-order valence-electron chi connectivity index (χ0n) is 9.72. The Morgan fingerprint density at radius 2 is 2.06 bits per heavy atom. The number of nitrogens with zero attached hydrogens (tertiary/aromatic N) is 1. The summed E-state index contributed by atoms with van der Waals surface area (Å²) in [5.74, 6) is -2.22. The van der Waals surface area contributed by atoms with Crippen molar-refractivity contribution in [3.05, 3.63) is 43.7 Å². The van der Waals surface area contributed by atoms with Gasteiger partial charge in [-0.25, -0.2) is 8.78 Å². The molecule has 0 aliphatic heterocycles. The number of aliphatic hydroxyl groups excluding tert-OH is 1. The Bertz CT molecular complexity index is 710. The molecule has 0 fully saturated rings. The highest BCUT2D eigenvalue weighted by Gasteiger charge is 2.19. The monoisotopic (exact) mass is 317 g/mol. The number of fused-ring (bicyclic) bond motifs is 1. The topological polar surface area (TPSA) is 42.2 Å². The minimum absolute atomic E-state index is 0.0453. The van der Waals surface area contributed by atoms with Crippen molar-refractivity contribution >= 4 is 26.8 Å². The largest absolute Gasteiger partial charge is 0.390 e. The molecule has 1 N–H and O–H groups in total. The van der Waals surface area contributed by atoms with Crippen molar-refractivity contribution in [2.45, 2.75) is 13.5 Å². The van der Waals surface area contributed by atoms with Crippen LogP contribution in [0.25, 0.3) is 10.9 Å². The van der Waals surface area contributed by atoms with E-state index in [2.05, 4.69) is 15.9 Å². The van der Waals surface area contributed by atoms with Gasteiger partial charge < -0.3 is 9.67 Å². The van der Waals surface area contributed by atoms with E-state index in [0.29, 0.717) is 11.3 Å². The first-order valence-corrected chi connectivity index (χ1v) is 5.96. The number of aryl methyl sites for hydroxylation is 2. The molecule has 0 bridgehead atoms. The van der Waals surface area contributed by atoms with Crippen molar-refractivity contribution in [1.29, 1.82) is 0 Å². The van der Waals surface area contributed by atoms with Crippen molar-refractivity contribution < 1.29 is 13.9 Å². The summed E-state index contributed by atoms with van der Waals surface area (Å²) in [5, 5.41) is 8.93. The first-order chi connectivity index (χ1) is 8.40. The fourth-order valence-corrected chi connectivity index (χ4v) is 2.67. The number of aromatic nitrogens is 1. The third-order valence-corrected chi connectivity index (χ3v) is 3.77. The summed E-state index contributed by atoms with van der Waals surface area (Å²) >= 11 is 3.01. The summed E-state index contributed by atoms with van der Waals surface area (Å²) in [5.41, 5.74) is 0.380. The Kier molecular flexibility index (Phi) is 3.25. The Labute approximate surface area is 110 Å². The van der Waals surface area contributed by atoms with E-state index in [4.69, 9.17) is 0 Å². The van der Waals surface area contributed by atoms with Gasteiger partial charge in [-0.05, 0) is 34.5 Å². The lowest BCUT2D eigenvalue weighted by Gasteiger charge is -2.15. The van der Waals surface area contributed by atoms with Gasteiger partial charge in [0.15, 0.2) is 11.6 Å². The van der Waals surface area contributed by atoms with Crippen LogP contribution in [-0.2, 0) is 13.7 Å². The van der Waals surface area contributed by atoms with Gasteiger partial charge in [-0.3, -0.25) is 4.79 Å². The number of aliphatic hydroxyl groups is 1. The highest BCUT2D eigenvalue weighted by molar-refractivity contribution is 9.10. The predicted molar refractivity (Wildman–Crippen MR) is 67.5 cm³/mol. The average molecular weight is 318 g/mol. The van der Waals surface area contributed by atoms with E-state index in [1.54, 1.807) is 14.0 Å².